The molecule has 2 aromatic carbocycles. The van der Waals surface area contributed by atoms with E-state index in [0.29, 0.717) is 16.5 Å². The molecule has 176 valence electrons. The van der Waals surface area contributed by atoms with Crippen LogP contribution in [-0.2, 0) is 22.8 Å². The Morgan fingerprint density at radius 2 is 1.82 bits per heavy atom. The van der Waals surface area contributed by atoms with Crippen LogP contribution in [0.1, 0.15) is 45.4 Å². The van der Waals surface area contributed by atoms with Gasteiger partial charge in [-0.1, -0.05) is 32.0 Å². The smallest absolute Gasteiger partial charge is 0.416 e. The molecule has 0 saturated carbocycles. The number of thiophene rings is 1. The SMILES string of the molecule is CC(C)c1ccccc1S(=O)(=O)Nc1ccc(C(F)(F)F)cc1OCc1ccc(C(=O)O)s1. The number of hydrogen-bond acceptors (Lipinski definition) is 5. The van der Waals surface area contributed by atoms with Crippen molar-refractivity contribution in [1.29, 1.82) is 0 Å². The molecule has 1 heterocycles. The number of halogens is 3. The fourth-order valence-electron chi connectivity index (χ4n) is 3.02. The average Bonchev–Trinajstić information content (AvgIpc) is 3.21. The molecule has 0 spiro atoms. The lowest BCUT2D eigenvalue weighted by Crippen LogP contribution is -2.16. The third-order valence-electron chi connectivity index (χ3n) is 4.63. The van der Waals surface area contributed by atoms with Crippen LogP contribution in [0.3, 0.4) is 0 Å². The highest BCUT2D eigenvalue weighted by Gasteiger charge is 2.32. The largest absolute Gasteiger partial charge is 0.486 e. The monoisotopic (exact) mass is 499 g/mol. The average molecular weight is 500 g/mol. The molecule has 0 aliphatic carbocycles. The minimum absolute atomic E-state index is 0.00945. The molecule has 6 nitrogen and oxygen atoms in total. The van der Waals surface area contributed by atoms with Gasteiger partial charge in [0, 0.05) is 4.88 Å². The van der Waals surface area contributed by atoms with E-state index < -0.39 is 27.7 Å². The second-order valence-corrected chi connectivity index (χ2v) is 10.2. The zero-order valence-electron chi connectivity index (χ0n) is 17.5. The first kappa shape index (κ1) is 24.6. The van der Waals surface area contributed by atoms with Crippen LogP contribution in [0.15, 0.2) is 59.5 Å². The van der Waals surface area contributed by atoms with E-state index in [1.165, 1.54) is 18.2 Å². The van der Waals surface area contributed by atoms with Crippen LogP contribution >= 0.6 is 11.3 Å². The minimum atomic E-state index is -4.67. The Morgan fingerprint density at radius 3 is 2.42 bits per heavy atom. The number of benzene rings is 2. The van der Waals surface area contributed by atoms with Gasteiger partial charge in [-0.05, 0) is 47.9 Å². The van der Waals surface area contributed by atoms with Crippen LogP contribution in [0.2, 0.25) is 0 Å². The number of sulfonamides is 1. The molecule has 0 unspecified atom stereocenters. The third-order valence-corrected chi connectivity index (χ3v) is 7.11. The van der Waals surface area contributed by atoms with Crippen molar-refractivity contribution >= 4 is 33.0 Å². The number of ether oxygens (including phenoxy) is 1. The summed E-state index contributed by atoms with van der Waals surface area (Å²) in [5.41, 5.74) is -0.629. The maximum absolute atomic E-state index is 13.2. The summed E-state index contributed by atoms with van der Waals surface area (Å²) in [4.78, 5) is 11.5. The van der Waals surface area contributed by atoms with Crippen LogP contribution < -0.4 is 9.46 Å². The number of alkyl halides is 3. The molecule has 0 amide bonds. The highest BCUT2D eigenvalue weighted by molar-refractivity contribution is 7.92. The number of carboxylic acids is 1. The summed E-state index contributed by atoms with van der Waals surface area (Å²) in [7, 11) is -4.14. The normalized spacial score (nSPS) is 12.1. The van der Waals surface area contributed by atoms with Crippen molar-refractivity contribution in [2.45, 2.75) is 37.4 Å². The first-order valence-corrected chi connectivity index (χ1v) is 12.0. The summed E-state index contributed by atoms with van der Waals surface area (Å²) in [6.45, 7) is 3.41. The second kappa shape index (κ2) is 9.44. The Balaban J connectivity index is 1.96. The quantitative estimate of drug-likeness (QED) is 0.399. The van der Waals surface area contributed by atoms with E-state index in [1.54, 1.807) is 18.2 Å². The number of anilines is 1. The molecular weight excluding hydrogens is 479 g/mol. The van der Waals surface area contributed by atoms with Crippen molar-refractivity contribution in [2.24, 2.45) is 0 Å². The fourth-order valence-corrected chi connectivity index (χ4v) is 5.22. The highest BCUT2D eigenvalue weighted by Crippen LogP contribution is 2.37. The van der Waals surface area contributed by atoms with Crippen molar-refractivity contribution in [3.63, 3.8) is 0 Å². The first-order valence-electron chi connectivity index (χ1n) is 9.66. The lowest BCUT2D eigenvalue weighted by molar-refractivity contribution is -0.137. The Bertz CT molecular complexity index is 1270. The molecule has 11 heteroatoms. The summed E-state index contributed by atoms with van der Waals surface area (Å²) in [5.74, 6) is -1.58. The molecule has 0 atom stereocenters. The molecule has 0 aliphatic rings. The molecule has 0 fully saturated rings. The van der Waals surface area contributed by atoms with Gasteiger partial charge in [0.2, 0.25) is 0 Å². The predicted molar refractivity (Wildman–Crippen MR) is 118 cm³/mol. The molecule has 3 rings (SSSR count). The van der Waals surface area contributed by atoms with Crippen LogP contribution in [0.5, 0.6) is 5.75 Å². The molecule has 0 saturated heterocycles. The Morgan fingerprint density at radius 1 is 1.12 bits per heavy atom. The van der Waals surface area contributed by atoms with Gasteiger partial charge in [0.05, 0.1) is 16.1 Å². The van der Waals surface area contributed by atoms with Gasteiger partial charge >= 0.3 is 12.1 Å². The number of nitrogens with one attached hydrogen (secondary N) is 1. The standard InChI is InChI=1S/C22H20F3NO5S2/c1-13(2)16-5-3-4-6-20(16)33(29,30)26-17-9-7-14(22(23,24)25)11-18(17)31-12-15-8-10-19(32-15)21(27)28/h3-11,13,26H,12H2,1-2H3,(H,27,28). The topological polar surface area (TPSA) is 92.7 Å². The maximum atomic E-state index is 13.2. The van der Waals surface area contributed by atoms with E-state index in [-0.39, 0.29) is 33.7 Å². The molecule has 0 radical (unpaired) electrons. The summed E-state index contributed by atoms with van der Waals surface area (Å²) < 4.78 is 73.7. The van der Waals surface area contributed by atoms with Crippen LogP contribution in [0.4, 0.5) is 18.9 Å². The van der Waals surface area contributed by atoms with Gasteiger partial charge < -0.3 is 9.84 Å². The van der Waals surface area contributed by atoms with Crippen molar-refractivity contribution in [3.05, 3.63) is 75.5 Å². The molecular formula is C22H20F3NO5S2. The molecule has 2 N–H and O–H groups in total. The molecule has 1 aromatic heterocycles. The van der Waals surface area contributed by atoms with Crippen LogP contribution in [0.25, 0.3) is 0 Å². The van der Waals surface area contributed by atoms with E-state index in [1.807, 2.05) is 13.8 Å². The van der Waals surface area contributed by atoms with Gasteiger partial charge in [0.15, 0.2) is 0 Å². The second-order valence-electron chi connectivity index (χ2n) is 7.37. The zero-order valence-corrected chi connectivity index (χ0v) is 19.1. The third kappa shape index (κ3) is 5.85. The van der Waals surface area contributed by atoms with E-state index in [0.717, 1.165) is 23.5 Å². The minimum Gasteiger partial charge on any atom is -0.486 e. The van der Waals surface area contributed by atoms with Gasteiger partial charge in [-0.3, -0.25) is 4.72 Å². The molecule has 33 heavy (non-hydrogen) atoms. The van der Waals surface area contributed by atoms with Gasteiger partial charge in [0.25, 0.3) is 10.0 Å². The predicted octanol–water partition coefficient (Wildman–Crippen LogP) is 5.97. The van der Waals surface area contributed by atoms with Crippen molar-refractivity contribution in [2.75, 3.05) is 4.72 Å². The number of rotatable bonds is 8. The van der Waals surface area contributed by atoms with Gasteiger partial charge in [0.1, 0.15) is 17.2 Å². The van der Waals surface area contributed by atoms with Crippen molar-refractivity contribution in [1.82, 2.24) is 0 Å². The van der Waals surface area contributed by atoms with E-state index >= 15 is 0 Å². The van der Waals surface area contributed by atoms with Crippen LogP contribution in [-0.4, -0.2) is 19.5 Å². The summed E-state index contributed by atoms with van der Waals surface area (Å²) in [5, 5.41) is 9.02. The van der Waals surface area contributed by atoms with E-state index in [2.05, 4.69) is 4.72 Å². The number of carboxylic acid groups (broad SMARTS) is 1. The Hall–Kier alpha value is -3.05. The number of carbonyl (C=O) groups is 1. The molecule has 0 bridgehead atoms. The number of hydrogen-bond donors (Lipinski definition) is 2. The summed E-state index contributed by atoms with van der Waals surface area (Å²) in [6, 6.07) is 11.6. The molecule has 3 aromatic rings. The van der Waals surface area contributed by atoms with E-state index in [9.17, 15) is 26.4 Å². The summed E-state index contributed by atoms with van der Waals surface area (Å²) >= 11 is 0.906. The highest BCUT2D eigenvalue weighted by atomic mass is 32.2. The fraction of sp³-hybridized carbons (Fsp3) is 0.227. The summed E-state index contributed by atoms with van der Waals surface area (Å²) in [6.07, 6.45) is -4.67. The van der Waals surface area contributed by atoms with Gasteiger partial charge in [-0.25, -0.2) is 13.2 Å². The van der Waals surface area contributed by atoms with Crippen molar-refractivity contribution in [3.8, 4) is 5.75 Å². The Labute approximate surface area is 192 Å². The Kier molecular flexibility index (Phi) is 7.03. The lowest BCUT2D eigenvalue weighted by Gasteiger charge is -2.18. The maximum Gasteiger partial charge on any atom is 0.416 e. The molecule has 0 aliphatic heterocycles. The zero-order chi connectivity index (χ0) is 24.4. The van der Waals surface area contributed by atoms with Gasteiger partial charge in [-0.15, -0.1) is 11.3 Å². The van der Waals surface area contributed by atoms with E-state index in [4.69, 9.17) is 9.84 Å². The lowest BCUT2D eigenvalue weighted by atomic mass is 10.0. The van der Waals surface area contributed by atoms with Crippen molar-refractivity contribution < 1.29 is 36.2 Å². The van der Waals surface area contributed by atoms with Gasteiger partial charge in [-0.2, -0.15) is 13.2 Å². The first-order chi connectivity index (χ1) is 15.4. The number of aromatic carboxylic acids is 1. The van der Waals surface area contributed by atoms with Crippen LogP contribution in [0, 0.1) is 0 Å².